The van der Waals surface area contributed by atoms with Crippen LogP contribution in [0.5, 0.6) is 0 Å². The molecule has 2 heterocycles. The molecule has 0 radical (unpaired) electrons. The van der Waals surface area contributed by atoms with Gasteiger partial charge in [-0.15, -0.1) is 11.3 Å². The largest absolute Gasteiger partial charge is 0.415 e. The normalized spacial score (nSPS) is 16.1. The van der Waals surface area contributed by atoms with Crippen molar-refractivity contribution in [2.24, 2.45) is 0 Å². The fraction of sp³-hybridized carbons (Fsp3) is 0.789. The van der Waals surface area contributed by atoms with Crippen molar-refractivity contribution in [3.8, 4) is 0 Å². The molecule has 0 unspecified atom stereocenters. The molecular formula is C19H35N3O5S2Si. The van der Waals surface area contributed by atoms with E-state index in [-0.39, 0.29) is 23.1 Å². The predicted octanol–water partition coefficient (Wildman–Crippen LogP) is 3.18. The van der Waals surface area contributed by atoms with Gasteiger partial charge in [0, 0.05) is 31.1 Å². The van der Waals surface area contributed by atoms with Gasteiger partial charge in [0.1, 0.15) is 11.8 Å². The molecule has 2 rings (SSSR count). The molecule has 0 spiro atoms. The molecule has 0 aromatic carbocycles. The molecule has 1 saturated heterocycles. The SMILES string of the molecule is CC(C)N(CCO[Si](C)(C)C(C)(C)C)C(=O)c1csc(N2CC(OS(C)(=O)=O)C2)n1. The number of rotatable bonds is 9. The van der Waals surface area contributed by atoms with Crippen molar-refractivity contribution in [1.29, 1.82) is 0 Å². The zero-order chi connectivity index (χ0) is 22.9. The van der Waals surface area contributed by atoms with E-state index in [1.807, 2.05) is 18.7 Å². The zero-order valence-corrected chi connectivity index (χ0v) is 21.9. The number of amides is 1. The highest BCUT2D eigenvalue weighted by atomic mass is 32.2. The lowest BCUT2D eigenvalue weighted by atomic mass is 10.2. The van der Waals surface area contributed by atoms with E-state index in [1.165, 1.54) is 11.3 Å². The third-order valence-corrected chi connectivity index (χ3v) is 11.7. The number of aromatic nitrogens is 1. The van der Waals surface area contributed by atoms with Crippen LogP contribution >= 0.6 is 11.3 Å². The van der Waals surface area contributed by atoms with Crippen molar-refractivity contribution in [3.63, 3.8) is 0 Å². The number of carbonyl (C=O) groups excluding carboxylic acids is 1. The fourth-order valence-electron chi connectivity index (χ4n) is 2.77. The number of hydrogen-bond acceptors (Lipinski definition) is 8. The molecule has 0 atom stereocenters. The van der Waals surface area contributed by atoms with Crippen LogP contribution in [0.4, 0.5) is 5.13 Å². The van der Waals surface area contributed by atoms with Crippen LogP contribution in [0.1, 0.15) is 45.1 Å². The Morgan fingerprint density at radius 2 is 1.97 bits per heavy atom. The molecule has 1 amide bonds. The lowest BCUT2D eigenvalue weighted by Gasteiger charge is -2.37. The molecule has 11 heteroatoms. The molecule has 1 aliphatic rings. The third-order valence-electron chi connectivity index (χ3n) is 5.63. The van der Waals surface area contributed by atoms with Crippen molar-refractivity contribution in [1.82, 2.24) is 9.88 Å². The van der Waals surface area contributed by atoms with Crippen molar-refractivity contribution in [3.05, 3.63) is 11.1 Å². The summed E-state index contributed by atoms with van der Waals surface area (Å²) in [4.78, 5) is 21.2. The summed E-state index contributed by atoms with van der Waals surface area (Å²) in [6.07, 6.45) is 0.688. The number of anilines is 1. The molecule has 1 aliphatic heterocycles. The molecule has 1 fully saturated rings. The molecule has 0 N–H and O–H groups in total. The summed E-state index contributed by atoms with van der Waals surface area (Å²) in [5.74, 6) is -0.115. The summed E-state index contributed by atoms with van der Waals surface area (Å²) in [7, 11) is -5.33. The Bertz CT molecular complexity index is 843. The summed E-state index contributed by atoms with van der Waals surface area (Å²) >= 11 is 1.38. The van der Waals surface area contributed by atoms with Crippen LogP contribution in [-0.4, -0.2) is 77.2 Å². The van der Waals surface area contributed by atoms with Crippen LogP contribution in [0.3, 0.4) is 0 Å². The first kappa shape index (κ1) is 25.2. The second-order valence-electron chi connectivity index (χ2n) is 9.54. The van der Waals surface area contributed by atoms with Crippen molar-refractivity contribution < 1.29 is 21.8 Å². The molecule has 0 saturated carbocycles. The van der Waals surface area contributed by atoms with Gasteiger partial charge >= 0.3 is 0 Å². The predicted molar refractivity (Wildman–Crippen MR) is 123 cm³/mol. The molecular weight excluding hydrogens is 442 g/mol. The molecule has 1 aromatic heterocycles. The third kappa shape index (κ3) is 6.49. The zero-order valence-electron chi connectivity index (χ0n) is 19.3. The van der Waals surface area contributed by atoms with Crippen LogP contribution in [0.15, 0.2) is 5.38 Å². The van der Waals surface area contributed by atoms with E-state index in [4.69, 9.17) is 8.61 Å². The maximum Gasteiger partial charge on any atom is 0.273 e. The van der Waals surface area contributed by atoms with E-state index < -0.39 is 18.4 Å². The Labute approximate surface area is 185 Å². The second kappa shape index (κ2) is 9.23. The Kier molecular flexibility index (Phi) is 7.77. The average molecular weight is 478 g/mol. The maximum atomic E-state index is 13.0. The van der Waals surface area contributed by atoms with Gasteiger partial charge in [0.2, 0.25) is 0 Å². The number of nitrogens with zero attached hydrogens (tertiary/aromatic N) is 3. The highest BCUT2D eigenvalue weighted by Gasteiger charge is 2.37. The Morgan fingerprint density at radius 1 is 1.37 bits per heavy atom. The summed E-state index contributed by atoms with van der Waals surface area (Å²) in [6.45, 7) is 16.9. The first-order valence-electron chi connectivity index (χ1n) is 10.1. The molecule has 0 aliphatic carbocycles. The average Bonchev–Trinajstić information content (AvgIpc) is 3.01. The standard InChI is InChI=1S/C19H35N3O5S2Si/c1-14(2)22(9-10-26-30(7,8)19(3,4)5)17(23)16-13-28-18(20-16)21-11-15(12-21)27-29(6,24)25/h13-15H,9-12H2,1-8H3. The van der Waals surface area contributed by atoms with Crippen molar-refractivity contribution >= 4 is 40.8 Å². The van der Waals surface area contributed by atoms with E-state index >= 15 is 0 Å². The van der Waals surface area contributed by atoms with Gasteiger partial charge in [-0.3, -0.25) is 8.98 Å². The molecule has 30 heavy (non-hydrogen) atoms. The van der Waals surface area contributed by atoms with E-state index in [9.17, 15) is 13.2 Å². The Balaban J connectivity index is 1.95. The highest BCUT2D eigenvalue weighted by Crippen LogP contribution is 2.36. The van der Waals surface area contributed by atoms with E-state index in [0.717, 1.165) is 6.26 Å². The topological polar surface area (TPSA) is 89.0 Å². The first-order valence-corrected chi connectivity index (χ1v) is 15.7. The minimum atomic E-state index is -3.46. The second-order valence-corrected chi connectivity index (χ2v) is 16.8. The van der Waals surface area contributed by atoms with Gasteiger partial charge in [0.05, 0.1) is 12.9 Å². The van der Waals surface area contributed by atoms with Gasteiger partial charge in [0.25, 0.3) is 16.0 Å². The molecule has 172 valence electrons. The van der Waals surface area contributed by atoms with Gasteiger partial charge in [-0.25, -0.2) is 4.98 Å². The number of carbonyl (C=O) groups is 1. The minimum Gasteiger partial charge on any atom is -0.415 e. The van der Waals surface area contributed by atoms with Gasteiger partial charge < -0.3 is 14.2 Å². The Hall–Kier alpha value is -1.01. The lowest BCUT2D eigenvalue weighted by molar-refractivity contribution is 0.0664. The molecule has 1 aromatic rings. The van der Waals surface area contributed by atoms with E-state index in [1.54, 1.807) is 10.3 Å². The van der Waals surface area contributed by atoms with Gasteiger partial charge in [-0.2, -0.15) is 8.42 Å². The molecule has 8 nitrogen and oxygen atoms in total. The summed E-state index contributed by atoms with van der Waals surface area (Å²) < 4.78 is 33.6. The number of thiazole rings is 1. The van der Waals surface area contributed by atoms with Crippen LogP contribution in [0, 0.1) is 0 Å². The summed E-state index contributed by atoms with van der Waals surface area (Å²) in [5, 5.41) is 2.58. The van der Waals surface area contributed by atoms with Gasteiger partial charge in [-0.1, -0.05) is 20.8 Å². The van der Waals surface area contributed by atoms with Gasteiger partial charge in [-0.05, 0) is 32.0 Å². The highest BCUT2D eigenvalue weighted by molar-refractivity contribution is 7.86. The van der Waals surface area contributed by atoms with Crippen LogP contribution in [0.2, 0.25) is 18.1 Å². The maximum absolute atomic E-state index is 13.0. The van der Waals surface area contributed by atoms with Crippen LogP contribution in [-0.2, 0) is 18.7 Å². The summed E-state index contributed by atoms with van der Waals surface area (Å²) in [5.41, 5.74) is 0.406. The number of hydrogen-bond donors (Lipinski definition) is 0. The van der Waals surface area contributed by atoms with Crippen molar-refractivity contribution in [2.75, 3.05) is 37.4 Å². The van der Waals surface area contributed by atoms with Crippen molar-refractivity contribution in [2.45, 2.75) is 64.9 Å². The quantitative estimate of drug-likeness (QED) is 0.399. The lowest BCUT2D eigenvalue weighted by Crippen LogP contribution is -2.53. The van der Waals surface area contributed by atoms with E-state index in [2.05, 4.69) is 38.8 Å². The summed E-state index contributed by atoms with van der Waals surface area (Å²) in [6, 6.07) is 0.0298. The van der Waals surface area contributed by atoms with E-state index in [0.29, 0.717) is 37.1 Å². The fourth-order valence-corrected chi connectivity index (χ4v) is 5.24. The van der Waals surface area contributed by atoms with Gasteiger partial charge in [0.15, 0.2) is 13.4 Å². The van der Waals surface area contributed by atoms with Crippen LogP contribution in [0.25, 0.3) is 0 Å². The van der Waals surface area contributed by atoms with Crippen LogP contribution < -0.4 is 4.90 Å². The molecule has 0 bridgehead atoms. The first-order chi connectivity index (χ1) is 13.6. The Morgan fingerprint density at radius 3 is 2.47 bits per heavy atom. The monoisotopic (exact) mass is 477 g/mol. The minimum absolute atomic E-state index is 0.0298. The smallest absolute Gasteiger partial charge is 0.273 e.